The van der Waals surface area contributed by atoms with Crippen molar-refractivity contribution in [2.24, 2.45) is 0 Å². The Morgan fingerprint density at radius 1 is 1.29 bits per heavy atom. The minimum absolute atomic E-state index is 0.0532. The van der Waals surface area contributed by atoms with Crippen LogP contribution in [0.25, 0.3) is 0 Å². The van der Waals surface area contributed by atoms with Crippen molar-refractivity contribution < 1.29 is 4.79 Å². The van der Waals surface area contributed by atoms with Crippen LogP contribution in [-0.4, -0.2) is 62.8 Å². The Morgan fingerprint density at radius 2 is 1.96 bits per heavy atom. The van der Waals surface area contributed by atoms with E-state index in [1.807, 2.05) is 34.4 Å². The SMILES string of the molecule is C=CCn1c(C)nn(CN2CCN(CC(=O)Nc3ccccc3Cl)CC2)c1=S. The Balaban J connectivity index is 1.49. The highest BCUT2D eigenvalue weighted by molar-refractivity contribution is 7.71. The Labute approximate surface area is 175 Å². The van der Waals surface area contributed by atoms with Gasteiger partial charge in [-0.3, -0.25) is 14.6 Å². The molecule has 1 aliphatic rings. The molecule has 0 unspecified atom stereocenters. The molecule has 9 heteroatoms. The maximum atomic E-state index is 12.3. The Bertz CT molecular complexity index is 900. The molecule has 1 saturated heterocycles. The number of nitrogens with one attached hydrogen (secondary N) is 1. The molecule has 0 spiro atoms. The van der Waals surface area contributed by atoms with Crippen LogP contribution in [0.1, 0.15) is 5.82 Å². The number of rotatable bonds is 7. The molecule has 0 atom stereocenters. The molecular formula is C19H25ClN6OS. The molecule has 2 aromatic rings. The summed E-state index contributed by atoms with van der Waals surface area (Å²) in [6.45, 7) is 10.7. The van der Waals surface area contributed by atoms with E-state index in [4.69, 9.17) is 23.8 Å². The van der Waals surface area contributed by atoms with Crippen molar-refractivity contribution >= 4 is 35.4 Å². The first kappa shape index (κ1) is 20.7. The highest BCUT2D eigenvalue weighted by Gasteiger charge is 2.20. The predicted octanol–water partition coefficient (Wildman–Crippen LogP) is 2.78. The van der Waals surface area contributed by atoms with Crippen molar-refractivity contribution in [1.29, 1.82) is 0 Å². The van der Waals surface area contributed by atoms with E-state index in [1.54, 1.807) is 12.1 Å². The van der Waals surface area contributed by atoms with E-state index in [2.05, 4.69) is 26.8 Å². The number of hydrogen-bond acceptors (Lipinski definition) is 5. The van der Waals surface area contributed by atoms with E-state index in [0.29, 0.717) is 35.2 Å². The Hall–Kier alpha value is -2.00. The monoisotopic (exact) mass is 420 g/mol. The third-order valence-electron chi connectivity index (χ3n) is 4.73. The van der Waals surface area contributed by atoms with Gasteiger partial charge in [-0.15, -0.1) is 6.58 Å². The highest BCUT2D eigenvalue weighted by atomic mass is 35.5. The second-order valence-electron chi connectivity index (χ2n) is 6.79. The van der Waals surface area contributed by atoms with E-state index in [-0.39, 0.29) is 5.91 Å². The lowest BCUT2D eigenvalue weighted by atomic mass is 10.3. The molecule has 3 rings (SSSR count). The van der Waals surface area contributed by atoms with Crippen LogP contribution in [0.3, 0.4) is 0 Å². The van der Waals surface area contributed by atoms with Gasteiger partial charge in [-0.1, -0.05) is 29.8 Å². The van der Waals surface area contributed by atoms with Crippen LogP contribution < -0.4 is 5.32 Å². The van der Waals surface area contributed by atoms with Crippen LogP contribution >= 0.6 is 23.8 Å². The van der Waals surface area contributed by atoms with Gasteiger partial charge in [0.15, 0.2) is 4.77 Å². The third-order valence-corrected chi connectivity index (χ3v) is 5.49. The molecule has 7 nitrogen and oxygen atoms in total. The number of benzene rings is 1. The Kier molecular flexibility index (Phi) is 7.01. The van der Waals surface area contributed by atoms with Gasteiger partial charge in [0, 0.05) is 32.7 Å². The first-order valence-electron chi connectivity index (χ1n) is 9.22. The number of hydrogen-bond donors (Lipinski definition) is 1. The molecular weight excluding hydrogens is 396 g/mol. The lowest BCUT2D eigenvalue weighted by Gasteiger charge is -2.33. The molecule has 0 bridgehead atoms. The number of carbonyl (C=O) groups is 1. The van der Waals surface area contributed by atoms with Gasteiger partial charge in [0.1, 0.15) is 5.82 Å². The summed E-state index contributed by atoms with van der Waals surface area (Å²) in [6, 6.07) is 7.25. The normalized spacial score (nSPS) is 15.5. The smallest absolute Gasteiger partial charge is 0.238 e. The standard InChI is InChI=1S/C19H25ClN6OS/c1-3-8-25-15(2)22-26(19(25)28)14-24-11-9-23(10-12-24)13-18(27)21-17-7-5-4-6-16(17)20/h3-7H,1,8-14H2,2H3,(H,21,27). The second-order valence-corrected chi connectivity index (χ2v) is 7.56. The van der Waals surface area contributed by atoms with E-state index >= 15 is 0 Å². The van der Waals surface area contributed by atoms with Crippen molar-refractivity contribution in [2.75, 3.05) is 38.0 Å². The molecule has 0 radical (unpaired) electrons. The van der Waals surface area contributed by atoms with E-state index in [1.165, 1.54) is 0 Å². The summed E-state index contributed by atoms with van der Waals surface area (Å²) in [4.78, 5) is 16.7. The molecule has 150 valence electrons. The maximum absolute atomic E-state index is 12.3. The molecule has 0 aliphatic carbocycles. The predicted molar refractivity (Wildman–Crippen MR) is 114 cm³/mol. The first-order valence-corrected chi connectivity index (χ1v) is 10.0. The largest absolute Gasteiger partial charge is 0.324 e. The molecule has 1 aromatic heterocycles. The highest BCUT2D eigenvalue weighted by Crippen LogP contribution is 2.20. The number of aromatic nitrogens is 3. The lowest BCUT2D eigenvalue weighted by Crippen LogP contribution is -2.49. The number of para-hydroxylation sites is 1. The van der Waals surface area contributed by atoms with Crippen molar-refractivity contribution in [2.45, 2.75) is 20.1 Å². The van der Waals surface area contributed by atoms with Crippen molar-refractivity contribution in [3.05, 3.63) is 52.5 Å². The minimum Gasteiger partial charge on any atom is -0.324 e. The van der Waals surface area contributed by atoms with Crippen LogP contribution in [0, 0.1) is 11.7 Å². The number of piperazine rings is 1. The van der Waals surface area contributed by atoms with Gasteiger partial charge in [0.25, 0.3) is 0 Å². The van der Waals surface area contributed by atoms with Crippen LogP contribution in [0.2, 0.25) is 5.02 Å². The fourth-order valence-corrected chi connectivity index (χ4v) is 3.70. The van der Waals surface area contributed by atoms with Gasteiger partial charge in [-0.2, -0.15) is 5.10 Å². The summed E-state index contributed by atoms with van der Waals surface area (Å²) in [5.41, 5.74) is 0.646. The summed E-state index contributed by atoms with van der Waals surface area (Å²) in [5.74, 6) is 0.836. The summed E-state index contributed by atoms with van der Waals surface area (Å²) in [7, 11) is 0. The van der Waals surface area contributed by atoms with Gasteiger partial charge in [0.05, 0.1) is 23.9 Å². The molecule has 28 heavy (non-hydrogen) atoms. The van der Waals surface area contributed by atoms with E-state index < -0.39 is 0 Å². The molecule has 1 aromatic carbocycles. The number of amides is 1. The lowest BCUT2D eigenvalue weighted by molar-refractivity contribution is -0.117. The average molecular weight is 421 g/mol. The van der Waals surface area contributed by atoms with Crippen molar-refractivity contribution in [1.82, 2.24) is 24.1 Å². The summed E-state index contributed by atoms with van der Waals surface area (Å²) in [5, 5.41) is 7.96. The maximum Gasteiger partial charge on any atom is 0.238 e. The zero-order valence-electron chi connectivity index (χ0n) is 16.0. The van der Waals surface area contributed by atoms with Crippen LogP contribution in [-0.2, 0) is 18.0 Å². The van der Waals surface area contributed by atoms with Gasteiger partial charge in [-0.05, 0) is 31.3 Å². The first-order chi connectivity index (χ1) is 13.5. The topological polar surface area (TPSA) is 58.3 Å². The molecule has 1 aliphatic heterocycles. The fraction of sp³-hybridized carbons (Fsp3) is 0.421. The number of carbonyl (C=O) groups excluding carboxylic acids is 1. The van der Waals surface area contributed by atoms with Crippen LogP contribution in [0.15, 0.2) is 36.9 Å². The van der Waals surface area contributed by atoms with Gasteiger partial charge < -0.3 is 9.88 Å². The molecule has 1 N–H and O–H groups in total. The van der Waals surface area contributed by atoms with Gasteiger partial charge >= 0.3 is 0 Å². The summed E-state index contributed by atoms with van der Waals surface area (Å²) < 4.78 is 4.53. The second kappa shape index (κ2) is 9.47. The Morgan fingerprint density at radius 3 is 2.64 bits per heavy atom. The average Bonchev–Trinajstić information content (AvgIpc) is 2.93. The third kappa shape index (κ3) is 5.08. The van der Waals surface area contributed by atoms with Crippen molar-refractivity contribution in [3.8, 4) is 0 Å². The number of allylic oxidation sites excluding steroid dienone is 1. The van der Waals surface area contributed by atoms with Gasteiger partial charge in [-0.25, -0.2) is 4.68 Å². The summed E-state index contributed by atoms with van der Waals surface area (Å²) in [6.07, 6.45) is 1.82. The van der Waals surface area contributed by atoms with E-state index in [9.17, 15) is 4.79 Å². The zero-order valence-corrected chi connectivity index (χ0v) is 17.5. The number of halogens is 1. The van der Waals surface area contributed by atoms with Gasteiger partial charge in [0.2, 0.25) is 5.91 Å². The van der Waals surface area contributed by atoms with E-state index in [0.717, 1.165) is 32.0 Å². The molecule has 1 fully saturated rings. The molecule has 1 amide bonds. The fourth-order valence-electron chi connectivity index (χ4n) is 3.21. The zero-order chi connectivity index (χ0) is 20.1. The quantitative estimate of drug-likeness (QED) is 0.551. The molecule has 2 heterocycles. The number of aryl methyl sites for hydroxylation is 1. The summed E-state index contributed by atoms with van der Waals surface area (Å²) >= 11 is 11.6. The van der Waals surface area contributed by atoms with Crippen LogP contribution in [0.4, 0.5) is 5.69 Å². The minimum atomic E-state index is -0.0532. The van der Waals surface area contributed by atoms with Crippen molar-refractivity contribution in [3.63, 3.8) is 0 Å². The number of anilines is 1. The van der Waals surface area contributed by atoms with Crippen LogP contribution in [0.5, 0.6) is 0 Å². The molecule has 0 saturated carbocycles. The number of nitrogens with zero attached hydrogens (tertiary/aromatic N) is 5.